The van der Waals surface area contributed by atoms with E-state index in [0.29, 0.717) is 0 Å². The van der Waals surface area contributed by atoms with Crippen LogP contribution in [0.5, 0.6) is 0 Å². The van der Waals surface area contributed by atoms with Crippen molar-refractivity contribution in [3.8, 4) is 0 Å². The molecule has 1 aromatic heterocycles. The van der Waals surface area contributed by atoms with Gasteiger partial charge >= 0.3 is 0 Å². The standard InChI is InChI=1S/C5H11N5/c1-6-4-2-3-5-7-9-10-8-5/h6H,2-4H2,1H3,(H,7,8,9,10). The van der Waals surface area contributed by atoms with Gasteiger partial charge in [-0.25, -0.2) is 5.10 Å². The fourth-order valence-electron chi connectivity index (χ4n) is 0.717. The average molecular weight is 141 g/mol. The molecule has 0 amide bonds. The molecule has 0 saturated carbocycles. The van der Waals surface area contributed by atoms with Crippen molar-refractivity contribution < 1.29 is 0 Å². The number of aromatic nitrogens is 4. The van der Waals surface area contributed by atoms with E-state index in [0.717, 1.165) is 25.2 Å². The summed E-state index contributed by atoms with van der Waals surface area (Å²) in [5.41, 5.74) is 0. The van der Waals surface area contributed by atoms with E-state index >= 15 is 0 Å². The van der Waals surface area contributed by atoms with Gasteiger partial charge in [0.25, 0.3) is 0 Å². The molecule has 0 aliphatic rings. The molecule has 0 aliphatic heterocycles. The second kappa shape index (κ2) is 3.94. The Balaban J connectivity index is 2.15. The zero-order valence-corrected chi connectivity index (χ0v) is 5.96. The molecule has 0 radical (unpaired) electrons. The molecule has 10 heavy (non-hydrogen) atoms. The lowest BCUT2D eigenvalue weighted by atomic mass is 10.3. The maximum Gasteiger partial charge on any atom is 0.148 e. The maximum atomic E-state index is 3.74. The summed E-state index contributed by atoms with van der Waals surface area (Å²) >= 11 is 0. The number of hydrogen-bond donors (Lipinski definition) is 2. The first kappa shape index (κ1) is 7.14. The molecule has 1 heterocycles. The van der Waals surface area contributed by atoms with Crippen molar-refractivity contribution in [3.05, 3.63) is 5.82 Å². The minimum atomic E-state index is 0.857. The van der Waals surface area contributed by atoms with Crippen LogP contribution >= 0.6 is 0 Å². The predicted molar refractivity (Wildman–Crippen MR) is 36.4 cm³/mol. The maximum absolute atomic E-state index is 3.74. The number of tetrazole rings is 1. The lowest BCUT2D eigenvalue weighted by Crippen LogP contribution is -2.08. The van der Waals surface area contributed by atoms with Crippen LogP contribution in [0, 0.1) is 0 Å². The molecule has 1 rings (SSSR count). The van der Waals surface area contributed by atoms with Gasteiger partial charge in [-0.3, -0.25) is 0 Å². The highest BCUT2D eigenvalue weighted by Crippen LogP contribution is 1.88. The van der Waals surface area contributed by atoms with Crippen LogP contribution in [0.4, 0.5) is 0 Å². The van der Waals surface area contributed by atoms with Crippen molar-refractivity contribution in [1.82, 2.24) is 25.9 Å². The molecule has 0 fully saturated rings. The van der Waals surface area contributed by atoms with Gasteiger partial charge in [0.15, 0.2) is 0 Å². The van der Waals surface area contributed by atoms with Crippen molar-refractivity contribution in [1.29, 1.82) is 0 Å². The Kier molecular flexibility index (Phi) is 2.82. The van der Waals surface area contributed by atoms with Gasteiger partial charge in [-0.2, -0.15) is 0 Å². The van der Waals surface area contributed by atoms with Crippen molar-refractivity contribution in [3.63, 3.8) is 0 Å². The molecule has 0 unspecified atom stereocenters. The first-order valence-electron chi connectivity index (χ1n) is 3.30. The molecule has 0 saturated heterocycles. The molecule has 0 spiro atoms. The van der Waals surface area contributed by atoms with Gasteiger partial charge in [0.2, 0.25) is 0 Å². The Labute approximate surface area is 59.2 Å². The number of aryl methyl sites for hydroxylation is 1. The van der Waals surface area contributed by atoms with Gasteiger partial charge in [0, 0.05) is 6.42 Å². The van der Waals surface area contributed by atoms with Gasteiger partial charge in [0.05, 0.1) is 0 Å². The van der Waals surface area contributed by atoms with E-state index in [1.54, 1.807) is 0 Å². The van der Waals surface area contributed by atoms with Gasteiger partial charge in [0.1, 0.15) is 5.82 Å². The predicted octanol–water partition coefficient (Wildman–Crippen LogP) is -0.648. The van der Waals surface area contributed by atoms with E-state index in [1.165, 1.54) is 0 Å². The van der Waals surface area contributed by atoms with Crippen LogP contribution < -0.4 is 5.32 Å². The third kappa shape index (κ3) is 2.10. The molecule has 0 bridgehead atoms. The Bertz CT molecular complexity index is 159. The minimum Gasteiger partial charge on any atom is -0.320 e. The summed E-state index contributed by atoms with van der Waals surface area (Å²) in [4.78, 5) is 0. The molecule has 0 aliphatic carbocycles. The van der Waals surface area contributed by atoms with Crippen molar-refractivity contribution in [2.75, 3.05) is 13.6 Å². The first-order chi connectivity index (χ1) is 4.93. The SMILES string of the molecule is CNCCCc1nnn[nH]1. The molecule has 1 aromatic rings. The smallest absolute Gasteiger partial charge is 0.148 e. The summed E-state index contributed by atoms with van der Waals surface area (Å²) in [7, 11) is 1.93. The van der Waals surface area contributed by atoms with Crippen molar-refractivity contribution in [2.24, 2.45) is 0 Å². The zero-order chi connectivity index (χ0) is 7.23. The zero-order valence-electron chi connectivity index (χ0n) is 5.96. The van der Waals surface area contributed by atoms with Gasteiger partial charge in [-0.1, -0.05) is 0 Å². The summed E-state index contributed by atoms with van der Waals surface area (Å²) in [6, 6.07) is 0. The number of nitrogens with zero attached hydrogens (tertiary/aromatic N) is 3. The molecule has 0 aromatic carbocycles. The lowest BCUT2D eigenvalue weighted by molar-refractivity contribution is 0.703. The Morgan fingerprint density at radius 1 is 1.60 bits per heavy atom. The Hall–Kier alpha value is -0.970. The minimum absolute atomic E-state index is 0.857. The van der Waals surface area contributed by atoms with E-state index in [1.807, 2.05) is 7.05 Å². The van der Waals surface area contributed by atoms with Gasteiger partial charge < -0.3 is 5.32 Å². The first-order valence-corrected chi connectivity index (χ1v) is 3.30. The largest absolute Gasteiger partial charge is 0.320 e. The number of rotatable bonds is 4. The van der Waals surface area contributed by atoms with Crippen LogP contribution in [-0.4, -0.2) is 34.2 Å². The highest BCUT2D eigenvalue weighted by atomic mass is 15.5. The van der Waals surface area contributed by atoms with Crippen LogP contribution in [0.15, 0.2) is 0 Å². The van der Waals surface area contributed by atoms with E-state index < -0.39 is 0 Å². The van der Waals surface area contributed by atoms with E-state index in [2.05, 4.69) is 25.9 Å². The summed E-state index contributed by atoms with van der Waals surface area (Å²) in [6.07, 6.45) is 1.97. The van der Waals surface area contributed by atoms with Crippen LogP contribution in [-0.2, 0) is 6.42 Å². The number of aromatic amines is 1. The summed E-state index contributed by atoms with van der Waals surface area (Å²) in [5.74, 6) is 0.857. The molecule has 5 heteroatoms. The summed E-state index contributed by atoms with van der Waals surface area (Å²) in [6.45, 7) is 1.00. The monoisotopic (exact) mass is 141 g/mol. The topological polar surface area (TPSA) is 66.5 Å². The quantitative estimate of drug-likeness (QED) is 0.547. The van der Waals surface area contributed by atoms with Gasteiger partial charge in [-0.15, -0.1) is 5.10 Å². The van der Waals surface area contributed by atoms with Crippen LogP contribution in [0.2, 0.25) is 0 Å². The molecular weight excluding hydrogens is 130 g/mol. The highest BCUT2D eigenvalue weighted by Gasteiger charge is 1.93. The van der Waals surface area contributed by atoms with Crippen molar-refractivity contribution >= 4 is 0 Å². The second-order valence-electron chi connectivity index (χ2n) is 2.06. The normalized spacial score (nSPS) is 10.1. The molecule has 56 valence electrons. The molecular formula is C5H11N5. The van der Waals surface area contributed by atoms with Gasteiger partial charge in [-0.05, 0) is 30.4 Å². The molecule has 0 atom stereocenters. The summed E-state index contributed by atoms with van der Waals surface area (Å²) in [5, 5.41) is 16.4. The third-order valence-electron chi connectivity index (χ3n) is 1.23. The Morgan fingerprint density at radius 3 is 3.10 bits per heavy atom. The van der Waals surface area contributed by atoms with E-state index in [4.69, 9.17) is 0 Å². The van der Waals surface area contributed by atoms with E-state index in [-0.39, 0.29) is 0 Å². The fraction of sp³-hybridized carbons (Fsp3) is 0.800. The number of hydrogen-bond acceptors (Lipinski definition) is 4. The van der Waals surface area contributed by atoms with E-state index in [9.17, 15) is 0 Å². The Morgan fingerprint density at radius 2 is 2.50 bits per heavy atom. The van der Waals surface area contributed by atoms with Crippen molar-refractivity contribution in [2.45, 2.75) is 12.8 Å². The van der Waals surface area contributed by atoms with Crippen LogP contribution in [0.3, 0.4) is 0 Å². The lowest BCUT2D eigenvalue weighted by Gasteiger charge is -1.93. The third-order valence-corrected chi connectivity index (χ3v) is 1.23. The van der Waals surface area contributed by atoms with Crippen LogP contribution in [0.1, 0.15) is 12.2 Å². The average Bonchev–Trinajstić information content (AvgIpc) is 2.41. The number of nitrogens with one attached hydrogen (secondary N) is 2. The van der Waals surface area contributed by atoms with Crippen LogP contribution in [0.25, 0.3) is 0 Å². The fourth-order valence-corrected chi connectivity index (χ4v) is 0.717. The summed E-state index contributed by atoms with van der Waals surface area (Å²) < 4.78 is 0. The highest BCUT2D eigenvalue weighted by molar-refractivity contribution is 4.75. The molecule has 2 N–H and O–H groups in total. The molecule has 5 nitrogen and oxygen atoms in total. The second-order valence-corrected chi connectivity index (χ2v) is 2.06. The number of H-pyrrole nitrogens is 1.